The van der Waals surface area contributed by atoms with E-state index in [4.69, 9.17) is 10.9 Å². The van der Waals surface area contributed by atoms with Crippen LogP contribution in [0.1, 0.15) is 35.3 Å². The third kappa shape index (κ3) is 2.54. The Hall–Kier alpha value is -2.05. The molecule has 0 saturated heterocycles. The maximum Gasteiger partial charge on any atom is 0.254 e. The molecule has 1 aliphatic rings. The Morgan fingerprint density at radius 3 is 2.95 bits per heavy atom. The number of nitrogens with one attached hydrogen (secondary N) is 1. The van der Waals surface area contributed by atoms with Crippen molar-refractivity contribution >= 4 is 11.7 Å². The second-order valence-corrected chi connectivity index (χ2v) is 4.91. The number of hydrogen-bond acceptors (Lipinski definition) is 4. The number of oxime groups is 1. The van der Waals surface area contributed by atoms with Crippen LogP contribution in [0.5, 0.6) is 0 Å². The molecule has 0 radical (unpaired) electrons. The first-order chi connectivity index (χ1) is 9.04. The summed E-state index contributed by atoms with van der Waals surface area (Å²) in [5.41, 5.74) is 7.03. The van der Waals surface area contributed by atoms with E-state index >= 15 is 0 Å². The summed E-state index contributed by atoms with van der Waals surface area (Å²) < 4.78 is 1.66. The molecule has 1 fully saturated rings. The number of aromatic nitrogens is 2. The van der Waals surface area contributed by atoms with Crippen LogP contribution in [0.25, 0.3) is 0 Å². The highest BCUT2D eigenvalue weighted by Gasteiger charge is 2.32. The lowest BCUT2D eigenvalue weighted by Gasteiger charge is -2.19. The molecule has 1 saturated carbocycles. The molecule has 2 atom stereocenters. The van der Waals surface area contributed by atoms with Crippen LogP contribution in [0, 0.1) is 12.8 Å². The average molecular weight is 265 g/mol. The van der Waals surface area contributed by atoms with Gasteiger partial charge in [-0.3, -0.25) is 9.48 Å². The van der Waals surface area contributed by atoms with E-state index in [9.17, 15) is 4.79 Å². The number of amidine groups is 1. The summed E-state index contributed by atoms with van der Waals surface area (Å²) in [6.07, 6.45) is 4.18. The number of amides is 1. The van der Waals surface area contributed by atoms with E-state index in [0.29, 0.717) is 5.56 Å². The first-order valence-electron chi connectivity index (χ1n) is 6.31. The normalized spacial score (nSPS) is 23.6. The van der Waals surface area contributed by atoms with E-state index in [2.05, 4.69) is 15.6 Å². The Morgan fingerprint density at radius 2 is 2.37 bits per heavy atom. The Kier molecular flexibility index (Phi) is 3.73. The molecular formula is C12H19N5O2. The predicted molar refractivity (Wildman–Crippen MR) is 69.9 cm³/mol. The zero-order valence-electron chi connectivity index (χ0n) is 11.1. The SMILES string of the molecule is Cc1c(C(=O)NC2CCCC2C(N)=NO)cnn1C. The van der Waals surface area contributed by atoms with E-state index in [0.717, 1.165) is 25.0 Å². The summed E-state index contributed by atoms with van der Waals surface area (Å²) in [7, 11) is 1.79. The zero-order chi connectivity index (χ0) is 14.0. The van der Waals surface area contributed by atoms with Crippen molar-refractivity contribution in [2.75, 3.05) is 0 Å². The zero-order valence-corrected chi connectivity index (χ0v) is 11.1. The second kappa shape index (κ2) is 5.29. The van der Waals surface area contributed by atoms with Crippen molar-refractivity contribution in [1.29, 1.82) is 0 Å². The molecule has 7 nitrogen and oxygen atoms in total. The fourth-order valence-corrected chi connectivity index (χ4v) is 2.53. The van der Waals surface area contributed by atoms with Gasteiger partial charge in [0.2, 0.25) is 0 Å². The van der Waals surface area contributed by atoms with E-state index in [1.54, 1.807) is 17.9 Å². The van der Waals surface area contributed by atoms with Gasteiger partial charge < -0.3 is 16.3 Å². The lowest BCUT2D eigenvalue weighted by Crippen LogP contribution is -2.42. The quantitative estimate of drug-likeness (QED) is 0.318. The Balaban J connectivity index is 2.09. The highest BCUT2D eigenvalue weighted by Crippen LogP contribution is 2.26. The lowest BCUT2D eigenvalue weighted by molar-refractivity contribution is 0.0932. The van der Waals surface area contributed by atoms with Crippen LogP contribution in [0.2, 0.25) is 0 Å². The van der Waals surface area contributed by atoms with Gasteiger partial charge in [-0.25, -0.2) is 0 Å². The maximum atomic E-state index is 12.2. The predicted octanol–water partition coefficient (Wildman–Crippen LogP) is 0.373. The van der Waals surface area contributed by atoms with Crippen LogP contribution in [0.15, 0.2) is 11.4 Å². The molecule has 0 bridgehead atoms. The van der Waals surface area contributed by atoms with Crippen molar-refractivity contribution in [3.63, 3.8) is 0 Å². The first kappa shape index (κ1) is 13.4. The third-order valence-corrected chi connectivity index (χ3v) is 3.81. The van der Waals surface area contributed by atoms with E-state index in [1.807, 2.05) is 6.92 Å². The molecule has 0 aromatic carbocycles. The van der Waals surface area contributed by atoms with Gasteiger partial charge in [-0.15, -0.1) is 0 Å². The molecule has 4 N–H and O–H groups in total. The minimum Gasteiger partial charge on any atom is -0.409 e. The van der Waals surface area contributed by atoms with Crippen molar-refractivity contribution in [2.24, 2.45) is 23.9 Å². The molecule has 1 aliphatic carbocycles. The second-order valence-electron chi connectivity index (χ2n) is 4.91. The summed E-state index contributed by atoms with van der Waals surface area (Å²) >= 11 is 0. The molecule has 2 unspecified atom stereocenters. The topological polar surface area (TPSA) is 106 Å². The average Bonchev–Trinajstić information content (AvgIpc) is 2.97. The van der Waals surface area contributed by atoms with Crippen molar-refractivity contribution in [3.8, 4) is 0 Å². The Labute approximate surface area is 111 Å². The van der Waals surface area contributed by atoms with Gasteiger partial charge in [0, 0.05) is 24.7 Å². The minimum absolute atomic E-state index is 0.0805. The van der Waals surface area contributed by atoms with Gasteiger partial charge in [0.25, 0.3) is 5.91 Å². The Bertz CT molecular complexity index is 508. The van der Waals surface area contributed by atoms with Crippen molar-refractivity contribution in [1.82, 2.24) is 15.1 Å². The number of nitrogens with two attached hydrogens (primary N) is 1. The largest absolute Gasteiger partial charge is 0.409 e. The van der Waals surface area contributed by atoms with Crippen LogP contribution in [-0.2, 0) is 7.05 Å². The van der Waals surface area contributed by atoms with E-state index < -0.39 is 0 Å². The lowest BCUT2D eigenvalue weighted by atomic mass is 10.0. The highest BCUT2D eigenvalue weighted by molar-refractivity contribution is 5.95. The molecule has 2 rings (SSSR count). The van der Waals surface area contributed by atoms with Gasteiger partial charge in [0.05, 0.1) is 11.8 Å². The number of carbonyl (C=O) groups excluding carboxylic acids is 1. The van der Waals surface area contributed by atoms with Gasteiger partial charge >= 0.3 is 0 Å². The minimum atomic E-state index is -0.159. The van der Waals surface area contributed by atoms with Gasteiger partial charge in [-0.1, -0.05) is 11.6 Å². The van der Waals surface area contributed by atoms with Gasteiger partial charge in [0.15, 0.2) is 0 Å². The summed E-state index contributed by atoms with van der Waals surface area (Å²) in [5.74, 6) is -0.0649. The van der Waals surface area contributed by atoms with Crippen LogP contribution in [0.4, 0.5) is 0 Å². The standard InChI is InChI=1S/C12H19N5O2/c1-7-9(6-14-17(7)2)12(18)15-10-5-3-4-8(10)11(13)16-19/h6,8,10,19H,3-5H2,1-2H3,(H2,13,16)(H,15,18). The molecule has 104 valence electrons. The first-order valence-corrected chi connectivity index (χ1v) is 6.31. The maximum absolute atomic E-state index is 12.2. The number of rotatable bonds is 3. The van der Waals surface area contributed by atoms with Crippen LogP contribution in [0.3, 0.4) is 0 Å². The number of aryl methyl sites for hydroxylation is 1. The molecule has 0 aliphatic heterocycles. The van der Waals surface area contributed by atoms with Gasteiger partial charge in [-0.2, -0.15) is 5.10 Å². The molecular weight excluding hydrogens is 246 g/mol. The summed E-state index contributed by atoms with van der Waals surface area (Å²) in [6.45, 7) is 1.84. The molecule has 1 aromatic rings. The van der Waals surface area contributed by atoms with Crippen LogP contribution in [-0.4, -0.2) is 32.8 Å². The molecule has 1 aromatic heterocycles. The van der Waals surface area contributed by atoms with Crippen molar-refractivity contribution < 1.29 is 10.0 Å². The monoisotopic (exact) mass is 265 g/mol. The summed E-state index contributed by atoms with van der Waals surface area (Å²) in [6, 6.07) is -0.0805. The third-order valence-electron chi connectivity index (χ3n) is 3.81. The smallest absolute Gasteiger partial charge is 0.254 e. The van der Waals surface area contributed by atoms with E-state index in [-0.39, 0.29) is 23.7 Å². The number of carbonyl (C=O) groups is 1. The molecule has 1 amide bonds. The Morgan fingerprint density at radius 1 is 1.63 bits per heavy atom. The van der Waals surface area contributed by atoms with Gasteiger partial charge in [-0.05, 0) is 19.8 Å². The van der Waals surface area contributed by atoms with Crippen molar-refractivity contribution in [2.45, 2.75) is 32.2 Å². The van der Waals surface area contributed by atoms with E-state index in [1.165, 1.54) is 0 Å². The molecule has 1 heterocycles. The highest BCUT2D eigenvalue weighted by atomic mass is 16.4. The molecule has 7 heteroatoms. The number of nitrogens with zero attached hydrogens (tertiary/aromatic N) is 3. The fourth-order valence-electron chi connectivity index (χ4n) is 2.53. The number of hydrogen-bond donors (Lipinski definition) is 3. The van der Waals surface area contributed by atoms with Gasteiger partial charge in [0.1, 0.15) is 5.84 Å². The fraction of sp³-hybridized carbons (Fsp3) is 0.583. The molecule has 19 heavy (non-hydrogen) atoms. The molecule has 0 spiro atoms. The van der Waals surface area contributed by atoms with Crippen molar-refractivity contribution in [3.05, 3.63) is 17.5 Å². The van der Waals surface area contributed by atoms with Crippen LogP contribution >= 0.6 is 0 Å². The summed E-state index contributed by atoms with van der Waals surface area (Å²) in [5, 5.41) is 18.8. The van der Waals surface area contributed by atoms with Crippen LogP contribution < -0.4 is 11.1 Å². The summed E-state index contributed by atoms with van der Waals surface area (Å²) in [4.78, 5) is 12.2.